The molecule has 1 aliphatic heterocycles. The highest BCUT2D eigenvalue weighted by atomic mass is 15.3. The lowest BCUT2D eigenvalue weighted by Gasteiger charge is -2.29. The summed E-state index contributed by atoms with van der Waals surface area (Å²) in [4.78, 5) is 8.57. The molecular weight excluding hydrogens is 214 g/mol. The third-order valence-electron chi connectivity index (χ3n) is 3.61. The maximum absolute atomic E-state index is 4.39. The van der Waals surface area contributed by atoms with Gasteiger partial charge in [0.05, 0.1) is 5.69 Å². The normalized spacial score (nSPS) is 25.3. The molecule has 0 radical (unpaired) electrons. The van der Waals surface area contributed by atoms with Crippen LogP contribution in [0.4, 0.5) is 0 Å². The predicted octanol–water partition coefficient (Wildman–Crippen LogP) is 1.15. The number of nitrogens with zero attached hydrogens (tertiary/aromatic N) is 4. The standard InChI is InChI=1S/C12H17N5/c1-8-3-4-13-6-10(8)11-5-9(2)16-12-14-7-15-17(11)12/h5,7-8,10,13H,3-4,6H2,1-2H3/t8-,10-/m0/s1. The summed E-state index contributed by atoms with van der Waals surface area (Å²) in [5.74, 6) is 1.87. The highest BCUT2D eigenvalue weighted by Gasteiger charge is 2.25. The molecule has 1 fully saturated rings. The Labute approximate surface area is 100 Å². The molecule has 1 aliphatic rings. The van der Waals surface area contributed by atoms with Crippen LogP contribution in [0.2, 0.25) is 0 Å². The van der Waals surface area contributed by atoms with Crippen molar-refractivity contribution in [1.82, 2.24) is 24.9 Å². The summed E-state index contributed by atoms with van der Waals surface area (Å²) < 4.78 is 1.88. The highest BCUT2D eigenvalue weighted by Crippen LogP contribution is 2.28. The van der Waals surface area contributed by atoms with Gasteiger partial charge in [-0.05, 0) is 31.9 Å². The molecule has 2 aromatic heterocycles. The molecule has 1 N–H and O–H groups in total. The Balaban J connectivity index is 2.11. The lowest BCUT2D eigenvalue weighted by molar-refractivity contribution is 0.338. The van der Waals surface area contributed by atoms with E-state index in [0.29, 0.717) is 17.6 Å². The fraction of sp³-hybridized carbons (Fsp3) is 0.583. The van der Waals surface area contributed by atoms with Crippen molar-refractivity contribution in [2.45, 2.75) is 26.2 Å². The third kappa shape index (κ3) is 1.80. The maximum atomic E-state index is 4.39. The molecule has 0 saturated carbocycles. The van der Waals surface area contributed by atoms with E-state index in [1.807, 2.05) is 11.4 Å². The molecule has 0 amide bonds. The summed E-state index contributed by atoms with van der Waals surface area (Å²) in [5, 5.41) is 7.74. The van der Waals surface area contributed by atoms with Crippen molar-refractivity contribution in [3.63, 3.8) is 0 Å². The molecule has 0 aromatic carbocycles. The molecule has 2 atom stereocenters. The minimum absolute atomic E-state index is 0.495. The Kier molecular flexibility index (Phi) is 2.55. The molecule has 1 saturated heterocycles. The quantitative estimate of drug-likeness (QED) is 0.799. The van der Waals surface area contributed by atoms with E-state index in [2.05, 4.69) is 33.4 Å². The van der Waals surface area contributed by atoms with Crippen LogP contribution in [0.15, 0.2) is 12.4 Å². The van der Waals surface area contributed by atoms with E-state index >= 15 is 0 Å². The van der Waals surface area contributed by atoms with Gasteiger partial charge in [-0.15, -0.1) is 0 Å². The third-order valence-corrected chi connectivity index (χ3v) is 3.61. The van der Waals surface area contributed by atoms with Crippen LogP contribution in [0.25, 0.3) is 5.78 Å². The first-order valence-corrected chi connectivity index (χ1v) is 6.13. The molecule has 0 spiro atoms. The number of piperidine rings is 1. The van der Waals surface area contributed by atoms with Gasteiger partial charge in [-0.25, -0.2) is 9.50 Å². The Morgan fingerprint density at radius 1 is 1.47 bits per heavy atom. The van der Waals surface area contributed by atoms with Crippen LogP contribution < -0.4 is 5.32 Å². The van der Waals surface area contributed by atoms with Crippen molar-refractivity contribution in [1.29, 1.82) is 0 Å². The van der Waals surface area contributed by atoms with Gasteiger partial charge >= 0.3 is 0 Å². The number of rotatable bonds is 1. The fourth-order valence-electron chi connectivity index (χ4n) is 2.61. The van der Waals surface area contributed by atoms with Crippen LogP contribution in [0, 0.1) is 12.8 Å². The summed E-state index contributed by atoms with van der Waals surface area (Å²) in [6.45, 7) is 6.45. The predicted molar refractivity (Wildman–Crippen MR) is 64.9 cm³/mol. The van der Waals surface area contributed by atoms with Crippen LogP contribution in [0.3, 0.4) is 0 Å². The van der Waals surface area contributed by atoms with Crippen molar-refractivity contribution >= 4 is 5.78 Å². The van der Waals surface area contributed by atoms with Gasteiger partial charge in [0.2, 0.25) is 0 Å². The second kappa shape index (κ2) is 4.07. The number of hydrogen-bond donors (Lipinski definition) is 1. The number of aromatic nitrogens is 4. The zero-order valence-electron chi connectivity index (χ0n) is 10.2. The Morgan fingerprint density at radius 2 is 2.35 bits per heavy atom. The second-order valence-electron chi connectivity index (χ2n) is 4.87. The van der Waals surface area contributed by atoms with Crippen LogP contribution in [-0.4, -0.2) is 32.7 Å². The van der Waals surface area contributed by atoms with Crippen molar-refractivity contribution < 1.29 is 0 Å². The Hall–Kier alpha value is -1.49. The van der Waals surface area contributed by atoms with Crippen LogP contribution >= 0.6 is 0 Å². The molecule has 90 valence electrons. The van der Waals surface area contributed by atoms with Crippen molar-refractivity contribution in [2.75, 3.05) is 13.1 Å². The summed E-state index contributed by atoms with van der Waals surface area (Å²) >= 11 is 0. The first-order chi connectivity index (χ1) is 8.25. The molecule has 0 aliphatic carbocycles. The van der Waals surface area contributed by atoms with E-state index in [-0.39, 0.29) is 0 Å². The summed E-state index contributed by atoms with van der Waals surface area (Å²) in [6.07, 6.45) is 2.79. The maximum Gasteiger partial charge on any atom is 0.252 e. The zero-order valence-corrected chi connectivity index (χ0v) is 10.2. The van der Waals surface area contributed by atoms with Crippen molar-refractivity contribution in [2.24, 2.45) is 5.92 Å². The lowest BCUT2D eigenvalue weighted by Crippen LogP contribution is -2.35. The Bertz CT molecular complexity index is 533. The Morgan fingerprint density at radius 3 is 3.18 bits per heavy atom. The number of aryl methyl sites for hydroxylation is 1. The molecule has 3 heterocycles. The van der Waals surface area contributed by atoms with E-state index < -0.39 is 0 Å². The van der Waals surface area contributed by atoms with Gasteiger partial charge in [-0.2, -0.15) is 10.1 Å². The molecule has 17 heavy (non-hydrogen) atoms. The van der Waals surface area contributed by atoms with E-state index in [9.17, 15) is 0 Å². The minimum atomic E-state index is 0.495. The monoisotopic (exact) mass is 231 g/mol. The van der Waals surface area contributed by atoms with Gasteiger partial charge in [0, 0.05) is 18.2 Å². The van der Waals surface area contributed by atoms with Gasteiger partial charge in [-0.1, -0.05) is 6.92 Å². The smallest absolute Gasteiger partial charge is 0.252 e. The second-order valence-corrected chi connectivity index (χ2v) is 4.87. The molecule has 0 bridgehead atoms. The molecule has 3 rings (SSSR count). The SMILES string of the molecule is Cc1cc([C@H]2CNCC[C@@H]2C)n2ncnc2n1. The number of fused-ring (bicyclic) bond motifs is 1. The summed E-state index contributed by atoms with van der Waals surface area (Å²) in [5.41, 5.74) is 2.24. The van der Waals surface area contributed by atoms with Gasteiger partial charge in [0.1, 0.15) is 6.33 Å². The van der Waals surface area contributed by atoms with Gasteiger partial charge < -0.3 is 5.32 Å². The number of hydrogen-bond acceptors (Lipinski definition) is 4. The molecule has 0 unspecified atom stereocenters. The molecule has 5 nitrogen and oxygen atoms in total. The fourth-order valence-corrected chi connectivity index (χ4v) is 2.61. The first kappa shape index (κ1) is 10.7. The van der Waals surface area contributed by atoms with Crippen LogP contribution in [0.5, 0.6) is 0 Å². The topological polar surface area (TPSA) is 55.1 Å². The summed E-state index contributed by atoms with van der Waals surface area (Å²) in [7, 11) is 0. The van der Waals surface area contributed by atoms with Gasteiger partial charge in [0.25, 0.3) is 5.78 Å². The molecular formula is C12H17N5. The van der Waals surface area contributed by atoms with Crippen LogP contribution in [0.1, 0.15) is 30.7 Å². The molecule has 5 heteroatoms. The highest BCUT2D eigenvalue weighted by molar-refractivity contribution is 5.31. The van der Waals surface area contributed by atoms with E-state index in [0.717, 1.165) is 18.8 Å². The number of nitrogens with one attached hydrogen (secondary N) is 1. The minimum Gasteiger partial charge on any atom is -0.316 e. The lowest BCUT2D eigenvalue weighted by atomic mass is 9.85. The van der Waals surface area contributed by atoms with Gasteiger partial charge in [0.15, 0.2) is 0 Å². The average molecular weight is 231 g/mol. The first-order valence-electron chi connectivity index (χ1n) is 6.13. The average Bonchev–Trinajstić information content (AvgIpc) is 2.76. The zero-order chi connectivity index (χ0) is 11.8. The van der Waals surface area contributed by atoms with E-state index in [1.54, 1.807) is 6.33 Å². The van der Waals surface area contributed by atoms with Crippen LogP contribution in [-0.2, 0) is 0 Å². The summed E-state index contributed by atoms with van der Waals surface area (Å²) in [6, 6.07) is 2.13. The van der Waals surface area contributed by atoms with E-state index in [1.165, 1.54) is 12.1 Å². The van der Waals surface area contributed by atoms with Gasteiger partial charge in [-0.3, -0.25) is 0 Å². The van der Waals surface area contributed by atoms with Crippen molar-refractivity contribution in [3.05, 3.63) is 23.8 Å². The molecule has 2 aromatic rings. The largest absolute Gasteiger partial charge is 0.316 e. The van der Waals surface area contributed by atoms with E-state index in [4.69, 9.17) is 0 Å². The van der Waals surface area contributed by atoms with Crippen molar-refractivity contribution in [3.8, 4) is 0 Å².